The summed E-state index contributed by atoms with van der Waals surface area (Å²) >= 11 is 5.80. The third kappa shape index (κ3) is 3.55. The number of halogens is 2. The quantitative estimate of drug-likeness (QED) is 0.919. The molecule has 1 N–H and O–H groups in total. The van der Waals surface area contributed by atoms with Crippen molar-refractivity contribution in [2.75, 3.05) is 13.7 Å². The summed E-state index contributed by atoms with van der Waals surface area (Å²) in [6.07, 6.45) is 1.55. The normalized spacial score (nSPS) is 10.5. The molecule has 0 spiro atoms. The van der Waals surface area contributed by atoms with Crippen LogP contribution in [0.5, 0.6) is 5.75 Å². The number of rotatable bonds is 5. The number of hydrogen-bond acceptors (Lipinski definition) is 2. The smallest absolute Gasteiger partial charge is 0.270 e. The van der Waals surface area contributed by atoms with E-state index in [0.29, 0.717) is 29.4 Å². The SMILES string of the molecule is CCN(Cc1ccc(OC)c(F)c1)C(=O)c1cc(Cl)c[nH]1. The monoisotopic (exact) mass is 310 g/mol. The predicted octanol–water partition coefficient (Wildman–Crippen LogP) is 3.48. The van der Waals surface area contributed by atoms with Crippen LogP contribution in [0.15, 0.2) is 30.5 Å². The number of aromatic amines is 1. The second-order valence-electron chi connectivity index (χ2n) is 4.52. The molecule has 6 heteroatoms. The maximum Gasteiger partial charge on any atom is 0.270 e. The lowest BCUT2D eigenvalue weighted by molar-refractivity contribution is 0.0747. The number of carbonyl (C=O) groups excluding carboxylic acids is 1. The third-order valence-electron chi connectivity index (χ3n) is 3.14. The molecular formula is C15H16ClFN2O2. The maximum atomic E-state index is 13.7. The topological polar surface area (TPSA) is 45.3 Å². The highest BCUT2D eigenvalue weighted by molar-refractivity contribution is 6.30. The minimum atomic E-state index is -0.443. The van der Waals surface area contributed by atoms with E-state index in [1.54, 1.807) is 29.3 Å². The van der Waals surface area contributed by atoms with Crippen molar-refractivity contribution < 1.29 is 13.9 Å². The van der Waals surface area contributed by atoms with E-state index in [9.17, 15) is 9.18 Å². The first-order chi connectivity index (χ1) is 10.0. The van der Waals surface area contributed by atoms with Gasteiger partial charge in [-0.2, -0.15) is 0 Å². The molecule has 1 aromatic heterocycles. The van der Waals surface area contributed by atoms with Crippen molar-refractivity contribution in [1.29, 1.82) is 0 Å². The largest absolute Gasteiger partial charge is 0.494 e. The van der Waals surface area contributed by atoms with Crippen LogP contribution in [-0.4, -0.2) is 29.4 Å². The Hall–Kier alpha value is -2.01. The average molecular weight is 311 g/mol. The Morgan fingerprint density at radius 3 is 2.71 bits per heavy atom. The molecule has 0 aliphatic heterocycles. The van der Waals surface area contributed by atoms with E-state index in [-0.39, 0.29) is 11.7 Å². The number of carbonyl (C=O) groups is 1. The Morgan fingerprint density at radius 1 is 1.43 bits per heavy atom. The molecule has 2 rings (SSSR count). The van der Waals surface area contributed by atoms with Gasteiger partial charge >= 0.3 is 0 Å². The van der Waals surface area contributed by atoms with Crippen molar-refractivity contribution in [3.63, 3.8) is 0 Å². The van der Waals surface area contributed by atoms with E-state index in [2.05, 4.69) is 4.98 Å². The zero-order valence-electron chi connectivity index (χ0n) is 11.8. The molecule has 0 aliphatic rings. The number of ether oxygens (including phenoxy) is 1. The van der Waals surface area contributed by atoms with Gasteiger partial charge in [0, 0.05) is 19.3 Å². The van der Waals surface area contributed by atoms with Gasteiger partial charge in [0.1, 0.15) is 5.69 Å². The van der Waals surface area contributed by atoms with Crippen molar-refractivity contribution in [2.45, 2.75) is 13.5 Å². The Morgan fingerprint density at radius 2 is 2.19 bits per heavy atom. The molecule has 0 radical (unpaired) electrons. The van der Waals surface area contributed by atoms with Gasteiger partial charge in [0.15, 0.2) is 11.6 Å². The first kappa shape index (κ1) is 15.4. The Balaban J connectivity index is 2.15. The average Bonchev–Trinajstić information content (AvgIpc) is 2.91. The van der Waals surface area contributed by atoms with Gasteiger partial charge in [0.2, 0.25) is 0 Å². The van der Waals surface area contributed by atoms with Gasteiger partial charge < -0.3 is 14.6 Å². The fourth-order valence-corrected chi connectivity index (χ4v) is 2.18. The van der Waals surface area contributed by atoms with Gasteiger partial charge in [-0.25, -0.2) is 4.39 Å². The van der Waals surface area contributed by atoms with Crippen LogP contribution in [0.2, 0.25) is 5.02 Å². The maximum absolute atomic E-state index is 13.7. The van der Waals surface area contributed by atoms with Crippen LogP contribution in [-0.2, 0) is 6.54 Å². The highest BCUT2D eigenvalue weighted by Crippen LogP contribution is 2.19. The van der Waals surface area contributed by atoms with Gasteiger partial charge in [-0.1, -0.05) is 17.7 Å². The van der Waals surface area contributed by atoms with Gasteiger partial charge in [-0.15, -0.1) is 0 Å². The van der Waals surface area contributed by atoms with Crippen molar-refractivity contribution in [2.24, 2.45) is 0 Å². The fraction of sp³-hybridized carbons (Fsp3) is 0.267. The first-order valence-electron chi connectivity index (χ1n) is 6.50. The lowest BCUT2D eigenvalue weighted by atomic mass is 10.2. The van der Waals surface area contributed by atoms with E-state index in [0.717, 1.165) is 0 Å². The van der Waals surface area contributed by atoms with Gasteiger partial charge in [-0.05, 0) is 30.7 Å². The molecule has 2 aromatic rings. The van der Waals surface area contributed by atoms with Crippen molar-refractivity contribution in [3.8, 4) is 5.75 Å². The molecule has 1 amide bonds. The van der Waals surface area contributed by atoms with Crippen LogP contribution in [0, 0.1) is 5.82 Å². The number of methoxy groups -OCH3 is 1. The van der Waals surface area contributed by atoms with Crippen LogP contribution >= 0.6 is 11.6 Å². The summed E-state index contributed by atoms with van der Waals surface area (Å²) < 4.78 is 18.6. The highest BCUT2D eigenvalue weighted by Gasteiger charge is 2.17. The summed E-state index contributed by atoms with van der Waals surface area (Å²) in [5.41, 5.74) is 1.11. The van der Waals surface area contributed by atoms with E-state index < -0.39 is 5.82 Å². The molecule has 0 saturated heterocycles. The van der Waals surface area contributed by atoms with E-state index in [1.807, 2.05) is 6.92 Å². The van der Waals surface area contributed by atoms with Gasteiger partial charge in [-0.3, -0.25) is 4.79 Å². The van der Waals surface area contributed by atoms with Gasteiger partial charge in [0.25, 0.3) is 5.91 Å². The zero-order valence-corrected chi connectivity index (χ0v) is 12.6. The molecule has 4 nitrogen and oxygen atoms in total. The highest BCUT2D eigenvalue weighted by atomic mass is 35.5. The van der Waals surface area contributed by atoms with Crippen LogP contribution < -0.4 is 4.74 Å². The van der Waals surface area contributed by atoms with Crippen molar-refractivity contribution in [3.05, 3.63) is 52.6 Å². The van der Waals surface area contributed by atoms with Crippen molar-refractivity contribution in [1.82, 2.24) is 9.88 Å². The zero-order chi connectivity index (χ0) is 15.4. The molecule has 112 valence electrons. The first-order valence-corrected chi connectivity index (χ1v) is 6.88. The minimum Gasteiger partial charge on any atom is -0.494 e. The number of amides is 1. The minimum absolute atomic E-state index is 0.180. The lowest BCUT2D eigenvalue weighted by Gasteiger charge is -2.20. The molecule has 0 aliphatic carbocycles. The summed E-state index contributed by atoms with van der Waals surface area (Å²) in [7, 11) is 1.41. The Bertz CT molecular complexity index is 642. The van der Waals surface area contributed by atoms with Crippen molar-refractivity contribution >= 4 is 17.5 Å². The number of nitrogens with zero attached hydrogens (tertiary/aromatic N) is 1. The fourth-order valence-electron chi connectivity index (χ4n) is 2.02. The van der Waals surface area contributed by atoms with Crippen LogP contribution in [0.1, 0.15) is 23.0 Å². The molecule has 0 atom stereocenters. The molecule has 0 saturated carbocycles. The summed E-state index contributed by atoms with van der Waals surface area (Å²) in [6.45, 7) is 2.68. The van der Waals surface area contributed by atoms with E-state index >= 15 is 0 Å². The standard InChI is InChI=1S/C15H16ClFN2O2/c1-3-19(15(20)13-7-11(16)8-18-13)9-10-4-5-14(21-2)12(17)6-10/h4-8,18H,3,9H2,1-2H3. The Kier molecular flexibility index (Phi) is 4.85. The number of H-pyrrole nitrogens is 1. The lowest BCUT2D eigenvalue weighted by Crippen LogP contribution is -2.30. The number of hydrogen-bond donors (Lipinski definition) is 1. The molecule has 21 heavy (non-hydrogen) atoms. The molecule has 1 heterocycles. The second-order valence-corrected chi connectivity index (χ2v) is 4.96. The van der Waals surface area contributed by atoms with Crippen LogP contribution in [0.3, 0.4) is 0 Å². The van der Waals surface area contributed by atoms with E-state index in [1.165, 1.54) is 13.2 Å². The number of aromatic nitrogens is 1. The van der Waals surface area contributed by atoms with Gasteiger partial charge in [0.05, 0.1) is 12.1 Å². The number of nitrogens with one attached hydrogen (secondary N) is 1. The molecule has 0 bridgehead atoms. The molecule has 1 aromatic carbocycles. The Labute approximate surface area is 127 Å². The third-order valence-corrected chi connectivity index (χ3v) is 3.35. The summed E-state index contributed by atoms with van der Waals surface area (Å²) in [4.78, 5) is 16.7. The predicted molar refractivity (Wildman–Crippen MR) is 79.2 cm³/mol. The van der Waals surface area contributed by atoms with E-state index in [4.69, 9.17) is 16.3 Å². The number of benzene rings is 1. The summed E-state index contributed by atoms with van der Waals surface area (Å²) in [5.74, 6) is -0.439. The molecular weight excluding hydrogens is 295 g/mol. The summed E-state index contributed by atoms with van der Waals surface area (Å²) in [6, 6.07) is 6.23. The molecule has 0 fully saturated rings. The molecule has 0 unspecified atom stereocenters. The second kappa shape index (κ2) is 6.63. The van der Waals surface area contributed by atoms with Crippen LogP contribution in [0.25, 0.3) is 0 Å². The summed E-state index contributed by atoms with van der Waals surface area (Å²) in [5, 5.41) is 0.477. The van der Waals surface area contributed by atoms with Crippen LogP contribution in [0.4, 0.5) is 4.39 Å².